The van der Waals surface area contributed by atoms with Gasteiger partial charge in [0.05, 0.1) is 19.1 Å². The van der Waals surface area contributed by atoms with Crippen molar-refractivity contribution in [2.24, 2.45) is 0 Å². The lowest BCUT2D eigenvalue weighted by Crippen LogP contribution is -2.44. The van der Waals surface area contributed by atoms with Crippen LogP contribution in [-0.4, -0.2) is 32.5 Å². The zero-order valence-electron chi connectivity index (χ0n) is 11.3. The molecule has 2 unspecified atom stereocenters. The molecule has 0 bridgehead atoms. The van der Waals surface area contributed by atoms with E-state index in [4.69, 9.17) is 14.7 Å². The molecule has 1 aromatic carbocycles. The largest absolute Gasteiger partial charge is 0.378 e. The van der Waals surface area contributed by atoms with Crippen molar-refractivity contribution in [1.82, 2.24) is 5.32 Å². The van der Waals surface area contributed by atoms with Crippen LogP contribution in [0.25, 0.3) is 0 Å². The van der Waals surface area contributed by atoms with Gasteiger partial charge in [-0.3, -0.25) is 0 Å². The second-order valence-corrected chi connectivity index (χ2v) is 4.90. The van der Waals surface area contributed by atoms with Gasteiger partial charge >= 0.3 is 0 Å². The predicted molar refractivity (Wildman–Crippen MR) is 72.6 cm³/mol. The fraction of sp³-hybridized carbons (Fsp3) is 0.533. The highest BCUT2D eigenvalue weighted by molar-refractivity contribution is 5.20. The molecule has 1 saturated heterocycles. The molecule has 0 spiro atoms. The highest BCUT2D eigenvalue weighted by Crippen LogP contribution is 2.24. The van der Waals surface area contributed by atoms with E-state index in [2.05, 4.69) is 11.4 Å². The minimum Gasteiger partial charge on any atom is -0.378 e. The van der Waals surface area contributed by atoms with E-state index in [-0.39, 0.29) is 11.6 Å². The number of rotatable bonds is 6. The minimum atomic E-state index is -0.248. The Morgan fingerprint density at radius 1 is 1.47 bits per heavy atom. The van der Waals surface area contributed by atoms with Crippen LogP contribution in [0.2, 0.25) is 0 Å². The van der Waals surface area contributed by atoms with Crippen molar-refractivity contribution in [1.29, 1.82) is 5.26 Å². The third-order valence-corrected chi connectivity index (χ3v) is 3.67. The molecule has 2 rings (SSSR count). The Hall–Kier alpha value is -1.41. The highest BCUT2D eigenvalue weighted by Gasteiger charge is 2.35. The first kappa shape index (κ1) is 14.0. The van der Waals surface area contributed by atoms with Crippen LogP contribution in [0.15, 0.2) is 30.3 Å². The van der Waals surface area contributed by atoms with Crippen molar-refractivity contribution >= 4 is 0 Å². The standard InChI is InChI=1S/C15H20N2O2/c1-18-15(8-10-19-12-15)11-17-14(7-9-16)13-5-3-2-4-6-13/h2-6,14,17H,7-8,10-12H2,1H3. The third kappa shape index (κ3) is 3.54. The van der Waals surface area contributed by atoms with Crippen LogP contribution >= 0.6 is 0 Å². The van der Waals surface area contributed by atoms with Gasteiger partial charge in [0.15, 0.2) is 0 Å². The van der Waals surface area contributed by atoms with Crippen LogP contribution in [0, 0.1) is 11.3 Å². The van der Waals surface area contributed by atoms with Gasteiger partial charge in [-0.1, -0.05) is 30.3 Å². The molecule has 19 heavy (non-hydrogen) atoms. The highest BCUT2D eigenvalue weighted by atomic mass is 16.5. The smallest absolute Gasteiger partial charge is 0.106 e. The second kappa shape index (κ2) is 6.67. The van der Waals surface area contributed by atoms with Crippen LogP contribution in [0.4, 0.5) is 0 Å². The molecule has 0 saturated carbocycles. The second-order valence-electron chi connectivity index (χ2n) is 4.90. The van der Waals surface area contributed by atoms with E-state index in [9.17, 15) is 0 Å². The first-order chi connectivity index (χ1) is 9.29. The summed E-state index contributed by atoms with van der Waals surface area (Å²) in [5.41, 5.74) is 0.886. The predicted octanol–water partition coefficient (Wildman–Crippen LogP) is 2.04. The maximum absolute atomic E-state index is 8.97. The number of nitriles is 1. The molecule has 2 atom stereocenters. The molecular weight excluding hydrogens is 240 g/mol. The molecule has 1 aliphatic rings. The molecule has 4 heteroatoms. The molecule has 1 aliphatic heterocycles. The molecule has 1 fully saturated rings. The summed E-state index contributed by atoms with van der Waals surface area (Å²) in [6.45, 7) is 2.05. The van der Waals surface area contributed by atoms with Gasteiger partial charge in [0.25, 0.3) is 0 Å². The third-order valence-electron chi connectivity index (χ3n) is 3.67. The maximum atomic E-state index is 8.97. The average molecular weight is 260 g/mol. The van der Waals surface area contributed by atoms with Crippen molar-refractivity contribution < 1.29 is 9.47 Å². The zero-order valence-corrected chi connectivity index (χ0v) is 11.3. The van der Waals surface area contributed by atoms with Gasteiger partial charge in [-0.15, -0.1) is 0 Å². The molecule has 0 amide bonds. The van der Waals surface area contributed by atoms with E-state index in [1.807, 2.05) is 30.3 Å². The zero-order chi connectivity index (χ0) is 13.6. The van der Waals surface area contributed by atoms with Crippen LogP contribution in [0.5, 0.6) is 0 Å². The molecule has 1 aromatic rings. The summed E-state index contributed by atoms with van der Waals surface area (Å²) in [5, 5.41) is 12.4. The Balaban J connectivity index is 2.00. The summed E-state index contributed by atoms with van der Waals surface area (Å²) < 4.78 is 11.0. The Bertz CT molecular complexity index is 422. The lowest BCUT2D eigenvalue weighted by atomic mass is 10.00. The molecule has 1 heterocycles. The molecule has 1 N–H and O–H groups in total. The summed E-state index contributed by atoms with van der Waals surface area (Å²) in [7, 11) is 1.72. The number of hydrogen-bond acceptors (Lipinski definition) is 4. The Kier molecular flexibility index (Phi) is 4.92. The van der Waals surface area contributed by atoms with Crippen LogP contribution in [-0.2, 0) is 9.47 Å². The fourth-order valence-electron chi connectivity index (χ4n) is 2.35. The van der Waals surface area contributed by atoms with Crippen molar-refractivity contribution in [2.75, 3.05) is 26.9 Å². The number of nitrogens with one attached hydrogen (secondary N) is 1. The molecule has 102 valence electrons. The minimum absolute atomic E-state index is 0.0406. The van der Waals surface area contributed by atoms with Gasteiger partial charge in [0, 0.05) is 32.7 Å². The summed E-state index contributed by atoms with van der Waals surface area (Å²) in [6.07, 6.45) is 1.34. The first-order valence-electron chi connectivity index (χ1n) is 6.58. The number of hydrogen-bond donors (Lipinski definition) is 1. The summed E-state index contributed by atoms with van der Waals surface area (Å²) in [4.78, 5) is 0. The topological polar surface area (TPSA) is 54.3 Å². The van der Waals surface area contributed by atoms with Crippen LogP contribution in [0.3, 0.4) is 0 Å². The van der Waals surface area contributed by atoms with E-state index >= 15 is 0 Å². The molecule has 4 nitrogen and oxygen atoms in total. The SMILES string of the molecule is COC1(CNC(CC#N)c2ccccc2)CCOC1. The normalized spacial score (nSPS) is 24.0. The van der Waals surface area contributed by atoms with Crippen molar-refractivity contribution in [3.63, 3.8) is 0 Å². The Morgan fingerprint density at radius 3 is 2.84 bits per heavy atom. The van der Waals surface area contributed by atoms with Gasteiger partial charge in [-0.25, -0.2) is 0 Å². The number of benzene rings is 1. The molecular formula is C15H20N2O2. The van der Waals surface area contributed by atoms with Gasteiger partial charge in [-0.05, 0) is 5.56 Å². The quantitative estimate of drug-likeness (QED) is 0.850. The van der Waals surface area contributed by atoms with E-state index in [1.54, 1.807) is 7.11 Å². The van der Waals surface area contributed by atoms with Crippen molar-refractivity contribution in [2.45, 2.75) is 24.5 Å². The maximum Gasteiger partial charge on any atom is 0.106 e. The monoisotopic (exact) mass is 260 g/mol. The molecule has 0 aliphatic carbocycles. The lowest BCUT2D eigenvalue weighted by molar-refractivity contribution is -0.0174. The first-order valence-corrected chi connectivity index (χ1v) is 6.58. The molecule has 0 aromatic heterocycles. The van der Waals surface area contributed by atoms with E-state index in [1.165, 1.54) is 0 Å². The summed E-state index contributed by atoms with van der Waals surface area (Å²) >= 11 is 0. The Labute approximate surface area is 114 Å². The van der Waals surface area contributed by atoms with Gasteiger partial charge in [-0.2, -0.15) is 5.26 Å². The van der Waals surface area contributed by atoms with Crippen molar-refractivity contribution in [3.05, 3.63) is 35.9 Å². The van der Waals surface area contributed by atoms with E-state index in [0.717, 1.165) is 18.6 Å². The fourth-order valence-corrected chi connectivity index (χ4v) is 2.35. The number of ether oxygens (including phenoxy) is 2. The number of methoxy groups -OCH3 is 1. The summed E-state index contributed by atoms with van der Waals surface area (Å²) in [6, 6.07) is 12.3. The number of nitrogens with zero attached hydrogens (tertiary/aromatic N) is 1. The summed E-state index contributed by atoms with van der Waals surface area (Å²) in [5.74, 6) is 0. The lowest BCUT2D eigenvalue weighted by Gasteiger charge is -2.28. The van der Waals surface area contributed by atoms with Gasteiger partial charge < -0.3 is 14.8 Å². The average Bonchev–Trinajstić information content (AvgIpc) is 2.94. The van der Waals surface area contributed by atoms with Crippen molar-refractivity contribution in [3.8, 4) is 6.07 Å². The van der Waals surface area contributed by atoms with Crippen LogP contribution < -0.4 is 5.32 Å². The van der Waals surface area contributed by atoms with Gasteiger partial charge in [0.1, 0.15) is 5.60 Å². The van der Waals surface area contributed by atoms with E-state index in [0.29, 0.717) is 19.6 Å². The van der Waals surface area contributed by atoms with Crippen LogP contribution in [0.1, 0.15) is 24.4 Å². The van der Waals surface area contributed by atoms with E-state index < -0.39 is 0 Å². The molecule has 0 radical (unpaired) electrons. The Morgan fingerprint density at radius 2 is 2.26 bits per heavy atom. The van der Waals surface area contributed by atoms with Gasteiger partial charge in [0.2, 0.25) is 0 Å².